The topological polar surface area (TPSA) is 0 Å². The molecule has 0 saturated heterocycles. The zero-order valence-electron chi connectivity index (χ0n) is 14.3. The van der Waals surface area contributed by atoms with E-state index in [1.54, 1.807) is 0 Å². The van der Waals surface area contributed by atoms with E-state index in [9.17, 15) is 0 Å². The molecule has 0 N–H and O–H groups in total. The Bertz CT molecular complexity index is 683. The summed E-state index contributed by atoms with van der Waals surface area (Å²) in [5.41, 5.74) is 2.60. The van der Waals surface area contributed by atoms with Gasteiger partial charge in [-0.3, -0.25) is 6.08 Å². The summed E-state index contributed by atoms with van der Waals surface area (Å²) in [6.07, 6.45) is 11.1. The molecule has 2 aromatic carbocycles. The number of benzene rings is 1. The summed E-state index contributed by atoms with van der Waals surface area (Å²) in [5, 5.41) is 2.79. The molecule has 0 bridgehead atoms. The predicted molar refractivity (Wildman–Crippen MR) is 104 cm³/mol. The van der Waals surface area contributed by atoms with Crippen LogP contribution in [0.4, 0.5) is 0 Å². The van der Waals surface area contributed by atoms with Crippen molar-refractivity contribution in [2.24, 2.45) is 0 Å². The Morgan fingerprint density at radius 1 is 1.30 bits per heavy atom. The fourth-order valence-corrected chi connectivity index (χ4v) is 2.00. The molecule has 4 heteroatoms. The van der Waals surface area contributed by atoms with E-state index >= 15 is 0 Å². The second-order valence-corrected chi connectivity index (χ2v) is 28.5. The van der Waals surface area contributed by atoms with E-state index in [-0.39, 0.29) is 5.43 Å². The Morgan fingerprint density at radius 3 is 2.39 bits per heavy atom. The van der Waals surface area contributed by atoms with E-state index in [0.29, 0.717) is 0 Å². The van der Waals surface area contributed by atoms with Gasteiger partial charge in [0.25, 0.3) is 0 Å². The quantitative estimate of drug-likeness (QED) is 0.333. The summed E-state index contributed by atoms with van der Waals surface area (Å²) in [6, 6.07) is 11.0. The predicted octanol–water partition coefficient (Wildman–Crippen LogP) is 6.90. The van der Waals surface area contributed by atoms with Crippen molar-refractivity contribution in [1.29, 1.82) is 0 Å². The van der Waals surface area contributed by atoms with Gasteiger partial charge in [-0.15, -0.1) is 41.0 Å². The van der Waals surface area contributed by atoms with Crippen LogP contribution in [0.5, 0.6) is 0 Å². The Balaban J connectivity index is 0.000000202. The largest absolute Gasteiger partial charge is 0.273 e. The van der Waals surface area contributed by atoms with E-state index in [1.807, 2.05) is 12.2 Å². The van der Waals surface area contributed by atoms with Gasteiger partial charge in [-0.25, -0.2) is 12.2 Å². The molecule has 1 aliphatic carbocycles. The fourth-order valence-electron chi connectivity index (χ4n) is 2.00. The Morgan fingerprint density at radius 2 is 2.00 bits per heavy atom. The van der Waals surface area contributed by atoms with Crippen LogP contribution in [0, 0.1) is 13.0 Å². The van der Waals surface area contributed by atoms with E-state index in [0.717, 1.165) is 12.8 Å². The Labute approximate surface area is 155 Å². The Hall–Kier alpha value is -0.0100. The zero-order valence-corrected chi connectivity index (χ0v) is 19.3. The molecule has 124 valence electrons. The molecule has 3 rings (SSSR count). The van der Waals surface area contributed by atoms with Gasteiger partial charge in [0.05, 0.1) is 0 Å². The van der Waals surface area contributed by atoms with Gasteiger partial charge in [0.1, 0.15) is 0 Å². The molecular formula is C19H24Cl2SiZr-2. The molecular weight excluding hydrogens is 418 g/mol. The van der Waals surface area contributed by atoms with Crippen LogP contribution in [-0.4, -0.2) is 5.43 Å². The van der Waals surface area contributed by atoms with E-state index in [4.69, 9.17) is 17.0 Å². The minimum absolute atomic E-state index is 0.224. The van der Waals surface area contributed by atoms with Gasteiger partial charge < -0.3 is 0 Å². The second kappa shape index (κ2) is 11.5. The smallest absolute Gasteiger partial charge is 0.109 e. The van der Waals surface area contributed by atoms with Crippen LogP contribution in [0.2, 0.25) is 13.1 Å². The van der Waals surface area contributed by atoms with Crippen LogP contribution in [0.15, 0.2) is 48.6 Å². The summed E-state index contributed by atoms with van der Waals surface area (Å²) in [7, 11) is 11.2. The molecule has 0 nitrogen and oxygen atoms in total. The minimum atomic E-state index is -1.65. The summed E-state index contributed by atoms with van der Waals surface area (Å²) >= 11 is -1.65. The summed E-state index contributed by atoms with van der Waals surface area (Å²) in [4.78, 5) is 0. The number of hydrogen-bond donors (Lipinski definition) is 0. The molecule has 0 atom stereocenters. The number of allylic oxidation sites excluding steroid dienone is 4. The van der Waals surface area contributed by atoms with Gasteiger partial charge in [-0.2, -0.15) is 12.1 Å². The summed E-state index contributed by atoms with van der Waals surface area (Å²) in [6.45, 7) is 8.70. The van der Waals surface area contributed by atoms with Crippen molar-refractivity contribution in [3.63, 3.8) is 0 Å². The summed E-state index contributed by atoms with van der Waals surface area (Å²) in [5.74, 6) is 0. The van der Waals surface area contributed by atoms with Gasteiger partial charge in [0.2, 0.25) is 0 Å². The van der Waals surface area contributed by atoms with Crippen molar-refractivity contribution in [3.8, 4) is 0 Å². The van der Waals surface area contributed by atoms with E-state index in [1.165, 1.54) is 21.9 Å². The monoisotopic (exact) mass is 440 g/mol. The minimum Gasteiger partial charge on any atom is -0.273 e. The molecule has 0 aromatic heterocycles. The van der Waals surface area contributed by atoms with E-state index in [2.05, 4.69) is 69.4 Å². The van der Waals surface area contributed by atoms with Gasteiger partial charge in [0, 0.05) is 0 Å². The van der Waals surface area contributed by atoms with Crippen LogP contribution in [0.25, 0.3) is 10.8 Å². The molecule has 0 fully saturated rings. The molecule has 0 unspecified atom stereocenters. The van der Waals surface area contributed by atoms with Crippen molar-refractivity contribution in [1.82, 2.24) is 0 Å². The molecule has 1 aliphatic rings. The van der Waals surface area contributed by atoms with Gasteiger partial charge >= 0.3 is 53.5 Å². The van der Waals surface area contributed by atoms with Crippen molar-refractivity contribution >= 4 is 33.2 Å². The van der Waals surface area contributed by atoms with Crippen LogP contribution in [-0.2, 0) is 24.4 Å². The second-order valence-electron chi connectivity index (χ2n) is 5.56. The van der Waals surface area contributed by atoms with Crippen LogP contribution < -0.4 is 0 Å². The van der Waals surface area contributed by atoms with Gasteiger partial charge in [0.15, 0.2) is 0 Å². The fraction of sp³-hybridized carbons (Fsp3) is 0.316. The number of hydrogen-bond acceptors (Lipinski definition) is 0. The van der Waals surface area contributed by atoms with Crippen LogP contribution >= 0.6 is 17.0 Å². The normalized spacial score (nSPS) is 11.6. The van der Waals surface area contributed by atoms with Crippen molar-refractivity contribution in [3.05, 3.63) is 65.8 Å². The standard InChI is InChI=1S/C12H13.C5H5.C2H6Si.2ClH.Zr/c1-3-10-7-11-6-4-5-9(2)12(11)8-10;1-2-4-5-3-1;1-3-2;;;/h4-8H,3H2,1-2H3;1-3H,4H2;1-2H3;2*1H;/q2*-1;;;;+2/p-2. The number of rotatable bonds is 1. The van der Waals surface area contributed by atoms with Crippen molar-refractivity contribution in [2.45, 2.75) is 39.8 Å². The maximum absolute atomic E-state index is 5.62. The van der Waals surface area contributed by atoms with Crippen molar-refractivity contribution in [2.75, 3.05) is 0 Å². The number of aryl methyl sites for hydroxylation is 2. The molecule has 0 amide bonds. The molecule has 0 radical (unpaired) electrons. The summed E-state index contributed by atoms with van der Waals surface area (Å²) < 4.78 is 0. The van der Waals surface area contributed by atoms with Crippen LogP contribution in [0.3, 0.4) is 0 Å². The first kappa shape index (κ1) is 21.0. The average molecular weight is 443 g/mol. The molecule has 0 saturated carbocycles. The molecule has 0 aliphatic heterocycles. The van der Waals surface area contributed by atoms with Crippen molar-refractivity contribution < 1.29 is 18.0 Å². The number of fused-ring (bicyclic) bond motifs is 1. The third-order valence-corrected chi connectivity index (χ3v) is 23.1. The van der Waals surface area contributed by atoms with Gasteiger partial charge in [-0.1, -0.05) is 18.6 Å². The zero-order chi connectivity index (χ0) is 17.2. The SMILES string of the molecule is CCc1cc2c(C)cccc2[cH-]1.C[Si](C)=[Zr]([Cl])[Cl].[C-]1=CC=CC1. The first-order valence-corrected chi connectivity index (χ1v) is 20.3. The maximum atomic E-state index is 5.62. The average Bonchev–Trinajstić information content (AvgIpc) is 3.21. The molecule has 0 spiro atoms. The van der Waals surface area contributed by atoms with E-state index < -0.39 is 18.0 Å². The maximum Gasteiger partial charge on any atom is -0.109 e. The first-order chi connectivity index (χ1) is 11.0. The third kappa shape index (κ3) is 8.07. The number of halogens is 2. The molecule has 0 heterocycles. The third-order valence-electron chi connectivity index (χ3n) is 3.40. The first-order valence-electron chi connectivity index (χ1n) is 7.80. The molecule has 23 heavy (non-hydrogen) atoms. The van der Waals surface area contributed by atoms with Gasteiger partial charge in [-0.05, 0) is 13.3 Å². The van der Waals surface area contributed by atoms with Crippen LogP contribution in [0.1, 0.15) is 24.5 Å². The Kier molecular flexibility index (Phi) is 10.5. The molecule has 2 aromatic rings.